The standard InChI is InChI=1S/C27H30F4N6O2/c1-14(2)36-9-8-21(27(30,31)13-36)37-24(32)22(25(33)38)23(35-37)16-5-6-17(20(29)10-16)12-34-26(39)19-11-18(28)7-4-15(19)3/h4-7,10-11,14,21H,8-9,12-13,32H2,1-3H3,(H2,33,38)(H,34,39). The number of nitrogen functional groups attached to an aromatic ring is 1. The monoisotopic (exact) mass is 546 g/mol. The van der Waals surface area contributed by atoms with Crippen molar-refractivity contribution in [2.45, 2.75) is 51.7 Å². The molecule has 0 aliphatic carbocycles. The third kappa shape index (κ3) is 5.60. The van der Waals surface area contributed by atoms with E-state index < -0.39 is 42.0 Å². The summed E-state index contributed by atoms with van der Waals surface area (Å²) >= 11 is 0. The van der Waals surface area contributed by atoms with Crippen LogP contribution < -0.4 is 16.8 Å². The van der Waals surface area contributed by atoms with E-state index in [0.29, 0.717) is 12.1 Å². The number of aryl methyl sites for hydroxylation is 1. The maximum absolute atomic E-state index is 15.1. The lowest BCUT2D eigenvalue weighted by Gasteiger charge is -2.40. The van der Waals surface area contributed by atoms with Gasteiger partial charge in [-0.3, -0.25) is 14.5 Å². The quantitative estimate of drug-likeness (QED) is 0.387. The molecule has 1 atom stereocenters. The highest BCUT2D eigenvalue weighted by Crippen LogP contribution is 2.40. The van der Waals surface area contributed by atoms with Gasteiger partial charge in [0.15, 0.2) is 0 Å². The number of halogens is 4. The zero-order chi connectivity index (χ0) is 28.6. The van der Waals surface area contributed by atoms with Gasteiger partial charge < -0.3 is 16.8 Å². The number of aromatic nitrogens is 2. The van der Waals surface area contributed by atoms with Crippen LogP contribution >= 0.6 is 0 Å². The van der Waals surface area contributed by atoms with Crippen molar-refractivity contribution in [3.05, 3.63) is 70.3 Å². The number of carbonyl (C=O) groups is 2. The van der Waals surface area contributed by atoms with Crippen molar-refractivity contribution in [1.29, 1.82) is 0 Å². The van der Waals surface area contributed by atoms with E-state index in [-0.39, 0.29) is 52.8 Å². The van der Waals surface area contributed by atoms with Gasteiger partial charge in [0.25, 0.3) is 17.7 Å². The van der Waals surface area contributed by atoms with Gasteiger partial charge in [-0.15, -0.1) is 0 Å². The second-order valence-corrected chi connectivity index (χ2v) is 10.00. The highest BCUT2D eigenvalue weighted by molar-refractivity contribution is 6.03. The molecule has 1 fully saturated rings. The SMILES string of the molecule is Cc1ccc(F)cc1C(=O)NCc1ccc(-c2nn(C3CCN(C(C)C)CC3(F)F)c(N)c2C(N)=O)cc1F. The molecule has 2 heterocycles. The van der Waals surface area contributed by atoms with Crippen molar-refractivity contribution < 1.29 is 27.2 Å². The largest absolute Gasteiger partial charge is 0.383 e. The smallest absolute Gasteiger partial charge is 0.282 e. The van der Waals surface area contributed by atoms with Crippen molar-refractivity contribution in [1.82, 2.24) is 20.0 Å². The van der Waals surface area contributed by atoms with E-state index in [4.69, 9.17) is 11.5 Å². The normalized spacial score (nSPS) is 17.4. The molecule has 208 valence electrons. The van der Waals surface area contributed by atoms with E-state index in [1.807, 2.05) is 13.8 Å². The number of hydrogen-bond acceptors (Lipinski definition) is 5. The molecular formula is C27H30F4N6O2. The molecule has 0 saturated carbocycles. The summed E-state index contributed by atoms with van der Waals surface area (Å²) in [6.07, 6.45) is 0.0342. The van der Waals surface area contributed by atoms with E-state index in [0.717, 1.165) is 16.8 Å². The second kappa shape index (κ2) is 10.7. The van der Waals surface area contributed by atoms with Crippen LogP contribution in [0.3, 0.4) is 0 Å². The van der Waals surface area contributed by atoms with Crippen LogP contribution in [0.1, 0.15) is 58.2 Å². The summed E-state index contributed by atoms with van der Waals surface area (Å²) in [5.41, 5.74) is 12.1. The van der Waals surface area contributed by atoms with Gasteiger partial charge in [-0.1, -0.05) is 18.2 Å². The topological polar surface area (TPSA) is 119 Å². The summed E-state index contributed by atoms with van der Waals surface area (Å²) in [6, 6.07) is 6.14. The van der Waals surface area contributed by atoms with Crippen molar-refractivity contribution >= 4 is 17.6 Å². The Kier molecular flexibility index (Phi) is 7.69. The number of nitrogens with two attached hydrogens (primary N) is 2. The molecule has 39 heavy (non-hydrogen) atoms. The molecule has 1 aliphatic rings. The minimum absolute atomic E-state index is 0.0342. The molecule has 1 saturated heterocycles. The number of piperidine rings is 1. The highest BCUT2D eigenvalue weighted by Gasteiger charge is 2.48. The van der Waals surface area contributed by atoms with E-state index in [2.05, 4.69) is 10.4 Å². The van der Waals surface area contributed by atoms with Crippen LogP contribution in [0.5, 0.6) is 0 Å². The molecule has 2 aromatic carbocycles. The molecule has 0 bridgehead atoms. The second-order valence-electron chi connectivity index (χ2n) is 10.00. The zero-order valence-electron chi connectivity index (χ0n) is 21.8. The lowest BCUT2D eigenvalue weighted by molar-refractivity contribution is -0.112. The van der Waals surface area contributed by atoms with Crippen LogP contribution in [0.25, 0.3) is 11.3 Å². The number of rotatable bonds is 7. The first kappa shape index (κ1) is 28.1. The maximum atomic E-state index is 15.1. The Morgan fingerprint density at radius 1 is 1.18 bits per heavy atom. The van der Waals surface area contributed by atoms with Gasteiger partial charge in [0.1, 0.15) is 34.8 Å². The Labute approximate surface area is 223 Å². The molecular weight excluding hydrogens is 516 g/mol. The van der Waals surface area contributed by atoms with E-state index >= 15 is 13.2 Å². The van der Waals surface area contributed by atoms with Crippen LogP contribution in [0, 0.1) is 18.6 Å². The number of primary amides is 1. The Bertz CT molecular complexity index is 1420. The predicted molar refractivity (Wildman–Crippen MR) is 138 cm³/mol. The van der Waals surface area contributed by atoms with Crippen molar-refractivity contribution in [2.24, 2.45) is 5.73 Å². The average molecular weight is 547 g/mol. The van der Waals surface area contributed by atoms with Crippen molar-refractivity contribution in [3.8, 4) is 11.3 Å². The number of benzene rings is 2. The number of amides is 2. The zero-order valence-corrected chi connectivity index (χ0v) is 21.8. The molecule has 1 aliphatic heterocycles. The van der Waals surface area contributed by atoms with Gasteiger partial charge in [-0.05, 0) is 51.0 Å². The van der Waals surface area contributed by atoms with E-state index in [9.17, 15) is 14.0 Å². The Hall–Kier alpha value is -3.93. The Balaban J connectivity index is 1.60. The fourth-order valence-corrected chi connectivity index (χ4v) is 4.77. The summed E-state index contributed by atoms with van der Waals surface area (Å²) in [5, 5.41) is 6.76. The van der Waals surface area contributed by atoms with E-state index in [1.54, 1.807) is 11.8 Å². The van der Waals surface area contributed by atoms with Gasteiger partial charge in [0.05, 0.1) is 6.54 Å². The summed E-state index contributed by atoms with van der Waals surface area (Å²) in [6.45, 7) is 4.97. The molecule has 1 aromatic heterocycles. The third-order valence-corrected chi connectivity index (χ3v) is 7.02. The summed E-state index contributed by atoms with van der Waals surface area (Å²) < 4.78 is 59.8. The minimum atomic E-state index is -3.19. The fraction of sp³-hybridized carbons (Fsp3) is 0.370. The molecule has 8 nitrogen and oxygen atoms in total. The Morgan fingerprint density at radius 3 is 2.51 bits per heavy atom. The molecule has 0 radical (unpaired) electrons. The first-order valence-electron chi connectivity index (χ1n) is 12.4. The van der Waals surface area contributed by atoms with Gasteiger partial charge in [0, 0.05) is 35.8 Å². The van der Waals surface area contributed by atoms with E-state index in [1.165, 1.54) is 24.3 Å². The number of alkyl halides is 2. The van der Waals surface area contributed by atoms with Gasteiger partial charge >= 0.3 is 0 Å². The molecule has 12 heteroatoms. The summed E-state index contributed by atoms with van der Waals surface area (Å²) in [4.78, 5) is 26.4. The number of nitrogens with zero attached hydrogens (tertiary/aromatic N) is 3. The first-order valence-corrected chi connectivity index (χ1v) is 12.4. The fourth-order valence-electron chi connectivity index (χ4n) is 4.77. The van der Waals surface area contributed by atoms with Gasteiger partial charge in [0.2, 0.25) is 0 Å². The molecule has 4 rings (SSSR count). The van der Waals surface area contributed by atoms with Crippen LogP contribution in [0.15, 0.2) is 36.4 Å². The summed E-state index contributed by atoms with van der Waals surface area (Å²) in [5.74, 6) is -6.40. The van der Waals surface area contributed by atoms with Crippen molar-refractivity contribution in [2.75, 3.05) is 18.8 Å². The molecule has 2 amide bonds. The van der Waals surface area contributed by atoms with Crippen LogP contribution in [-0.4, -0.2) is 51.5 Å². The molecule has 1 unspecified atom stereocenters. The van der Waals surface area contributed by atoms with Crippen LogP contribution in [0.2, 0.25) is 0 Å². The predicted octanol–water partition coefficient (Wildman–Crippen LogP) is 4.04. The summed E-state index contributed by atoms with van der Waals surface area (Å²) in [7, 11) is 0. The average Bonchev–Trinajstić information content (AvgIpc) is 3.20. The molecule has 3 aromatic rings. The van der Waals surface area contributed by atoms with Crippen LogP contribution in [-0.2, 0) is 6.54 Å². The first-order chi connectivity index (χ1) is 18.3. The number of carbonyl (C=O) groups excluding carboxylic acids is 2. The maximum Gasteiger partial charge on any atom is 0.282 e. The number of likely N-dealkylation sites (tertiary alicyclic amines) is 1. The van der Waals surface area contributed by atoms with Crippen LogP contribution in [0.4, 0.5) is 23.4 Å². The Morgan fingerprint density at radius 2 is 1.90 bits per heavy atom. The lowest BCUT2D eigenvalue weighted by atomic mass is 9.99. The number of anilines is 1. The third-order valence-electron chi connectivity index (χ3n) is 7.02. The molecule has 0 spiro atoms. The minimum Gasteiger partial charge on any atom is -0.383 e. The number of hydrogen-bond donors (Lipinski definition) is 3. The van der Waals surface area contributed by atoms with Gasteiger partial charge in [-0.2, -0.15) is 5.10 Å². The van der Waals surface area contributed by atoms with Crippen molar-refractivity contribution in [3.63, 3.8) is 0 Å². The highest BCUT2D eigenvalue weighted by atomic mass is 19.3. The number of nitrogens with one attached hydrogen (secondary N) is 1. The van der Waals surface area contributed by atoms with Gasteiger partial charge in [-0.25, -0.2) is 22.2 Å². The lowest BCUT2D eigenvalue weighted by Crippen LogP contribution is -2.51. The molecule has 5 N–H and O–H groups in total.